The Morgan fingerprint density at radius 3 is 2.94 bits per heavy atom. The average Bonchev–Trinajstić information content (AvgIpc) is 2.27. The van der Waals surface area contributed by atoms with E-state index in [1.807, 2.05) is 0 Å². The first-order chi connectivity index (χ1) is 7.67. The number of hydrogen-bond donors (Lipinski definition) is 0. The molecule has 0 aromatic rings. The summed E-state index contributed by atoms with van der Waals surface area (Å²) in [5, 5.41) is 3.43. The van der Waals surface area contributed by atoms with Crippen molar-refractivity contribution in [1.82, 2.24) is 0 Å². The zero-order chi connectivity index (χ0) is 12.0. The molecule has 0 spiro atoms. The van der Waals surface area contributed by atoms with Gasteiger partial charge in [-0.05, 0) is 12.0 Å². The van der Waals surface area contributed by atoms with Crippen molar-refractivity contribution in [2.45, 2.75) is 38.3 Å². The van der Waals surface area contributed by atoms with E-state index in [4.69, 9.17) is 19.7 Å². The van der Waals surface area contributed by atoms with Crippen LogP contribution in [0.5, 0.6) is 0 Å². The van der Waals surface area contributed by atoms with Gasteiger partial charge in [0.1, 0.15) is 12.2 Å². The van der Waals surface area contributed by atoms with Crippen molar-refractivity contribution in [2.24, 2.45) is 5.11 Å². The van der Waals surface area contributed by atoms with Crippen LogP contribution in [0.4, 0.5) is 0 Å². The Bertz CT molecular complexity index is 290. The third-order valence-electron chi connectivity index (χ3n) is 2.33. The van der Waals surface area contributed by atoms with Gasteiger partial charge < -0.3 is 14.2 Å². The summed E-state index contributed by atoms with van der Waals surface area (Å²) in [5.41, 5.74) is 8.25. The Kier molecular flexibility index (Phi) is 5.04. The van der Waals surface area contributed by atoms with Crippen molar-refractivity contribution in [3.05, 3.63) is 10.4 Å². The lowest BCUT2D eigenvalue weighted by Gasteiger charge is -2.34. The molecule has 0 radical (unpaired) electrons. The summed E-state index contributed by atoms with van der Waals surface area (Å²) in [6.45, 7) is 1.47. The fraction of sp³-hybridized carbons (Fsp3) is 0.889. The molecule has 0 aliphatic carbocycles. The molecule has 7 nitrogen and oxygen atoms in total. The predicted octanol–water partition coefficient (Wildman–Crippen LogP) is 1.38. The molecule has 0 unspecified atom stereocenters. The third kappa shape index (κ3) is 3.69. The van der Waals surface area contributed by atoms with Crippen LogP contribution in [0.3, 0.4) is 0 Å². The quantitative estimate of drug-likeness (QED) is 0.315. The van der Waals surface area contributed by atoms with Crippen LogP contribution < -0.4 is 0 Å². The molecule has 0 aromatic heterocycles. The van der Waals surface area contributed by atoms with E-state index in [9.17, 15) is 4.79 Å². The highest BCUT2D eigenvalue weighted by Gasteiger charge is 2.32. The van der Waals surface area contributed by atoms with Crippen molar-refractivity contribution in [2.75, 3.05) is 13.7 Å². The van der Waals surface area contributed by atoms with Gasteiger partial charge in [0.05, 0.1) is 6.54 Å². The minimum Gasteiger partial charge on any atom is -0.460 e. The van der Waals surface area contributed by atoms with E-state index >= 15 is 0 Å². The number of nitrogens with zero attached hydrogens (tertiary/aromatic N) is 3. The summed E-state index contributed by atoms with van der Waals surface area (Å²) in [7, 11) is 1.54. The number of hydrogen-bond acceptors (Lipinski definition) is 5. The van der Waals surface area contributed by atoms with Gasteiger partial charge in [0.15, 0.2) is 6.29 Å². The fourth-order valence-corrected chi connectivity index (χ4v) is 1.64. The van der Waals surface area contributed by atoms with Gasteiger partial charge in [0, 0.05) is 25.4 Å². The van der Waals surface area contributed by atoms with Crippen LogP contribution in [-0.4, -0.2) is 38.1 Å². The number of ether oxygens (including phenoxy) is 3. The average molecular weight is 229 g/mol. The molecule has 1 aliphatic rings. The van der Waals surface area contributed by atoms with E-state index < -0.39 is 6.10 Å². The maximum absolute atomic E-state index is 10.9. The normalized spacial score (nSPS) is 29.2. The first-order valence-electron chi connectivity index (χ1n) is 5.03. The summed E-state index contributed by atoms with van der Waals surface area (Å²) in [6.07, 6.45) is 0.170. The number of rotatable bonds is 4. The topological polar surface area (TPSA) is 93.5 Å². The van der Waals surface area contributed by atoms with Crippen molar-refractivity contribution in [1.29, 1.82) is 0 Å². The number of carbonyl (C=O) groups is 1. The molecule has 0 N–H and O–H groups in total. The van der Waals surface area contributed by atoms with Gasteiger partial charge in [-0.1, -0.05) is 5.11 Å². The first-order valence-corrected chi connectivity index (χ1v) is 5.03. The summed E-state index contributed by atoms with van der Waals surface area (Å²) in [5.74, 6) is -0.365. The van der Waals surface area contributed by atoms with Gasteiger partial charge >= 0.3 is 5.97 Å². The second kappa shape index (κ2) is 6.32. The number of methoxy groups -OCH3 is 1. The summed E-state index contributed by atoms with van der Waals surface area (Å²) in [4.78, 5) is 13.5. The van der Waals surface area contributed by atoms with Crippen LogP contribution in [0.15, 0.2) is 5.11 Å². The second-order valence-electron chi connectivity index (χ2n) is 3.48. The van der Waals surface area contributed by atoms with Crippen molar-refractivity contribution in [3.63, 3.8) is 0 Å². The number of esters is 1. The zero-order valence-corrected chi connectivity index (χ0v) is 9.33. The Hall–Kier alpha value is -1.30. The van der Waals surface area contributed by atoms with Crippen LogP contribution in [0.1, 0.15) is 19.8 Å². The van der Waals surface area contributed by atoms with Gasteiger partial charge in [-0.3, -0.25) is 4.79 Å². The molecule has 3 atom stereocenters. The zero-order valence-electron chi connectivity index (χ0n) is 9.33. The first kappa shape index (κ1) is 12.8. The Morgan fingerprint density at radius 2 is 2.38 bits per heavy atom. The highest BCUT2D eigenvalue weighted by molar-refractivity contribution is 5.66. The predicted molar refractivity (Wildman–Crippen MR) is 54.5 cm³/mol. The van der Waals surface area contributed by atoms with Crippen molar-refractivity contribution < 1.29 is 19.0 Å². The van der Waals surface area contributed by atoms with Gasteiger partial charge in [-0.25, -0.2) is 0 Å². The molecule has 0 bridgehead atoms. The lowest BCUT2D eigenvalue weighted by molar-refractivity contribution is -0.217. The number of carbonyl (C=O) groups excluding carboxylic acids is 1. The maximum atomic E-state index is 10.9. The molecular formula is C9H15N3O4. The third-order valence-corrected chi connectivity index (χ3v) is 2.33. The summed E-state index contributed by atoms with van der Waals surface area (Å²) in [6, 6.07) is 0. The molecule has 0 aromatic carbocycles. The SMILES string of the molecule is CO[C@H]1CC[C@H](OC(C)=O)[C@@H](CN=[N+]=[N-])O1. The summed E-state index contributed by atoms with van der Waals surface area (Å²) < 4.78 is 15.6. The fourth-order valence-electron chi connectivity index (χ4n) is 1.64. The molecule has 16 heavy (non-hydrogen) atoms. The molecule has 7 heteroatoms. The van der Waals surface area contributed by atoms with Crippen molar-refractivity contribution in [3.8, 4) is 0 Å². The van der Waals surface area contributed by atoms with E-state index in [-0.39, 0.29) is 24.9 Å². The minimum absolute atomic E-state index is 0.133. The summed E-state index contributed by atoms with van der Waals surface area (Å²) >= 11 is 0. The molecule has 1 aliphatic heterocycles. The van der Waals surface area contributed by atoms with Crippen LogP contribution in [-0.2, 0) is 19.0 Å². The van der Waals surface area contributed by atoms with E-state index in [1.54, 1.807) is 7.11 Å². The standard InChI is InChI=1S/C9H15N3O4/c1-6(13)15-7-3-4-9(14-2)16-8(7)5-11-12-10/h7-9H,3-5H2,1-2H3/t7-,8+,9+/m0/s1. The highest BCUT2D eigenvalue weighted by Crippen LogP contribution is 2.23. The molecule has 1 heterocycles. The van der Waals surface area contributed by atoms with Crippen molar-refractivity contribution >= 4 is 5.97 Å². The Balaban J connectivity index is 2.59. The smallest absolute Gasteiger partial charge is 0.302 e. The van der Waals surface area contributed by atoms with E-state index in [0.717, 1.165) is 0 Å². The monoisotopic (exact) mass is 229 g/mol. The van der Waals surface area contributed by atoms with E-state index in [0.29, 0.717) is 12.8 Å². The minimum atomic E-state index is -0.432. The molecule has 90 valence electrons. The lowest BCUT2D eigenvalue weighted by atomic mass is 10.0. The number of azide groups is 1. The lowest BCUT2D eigenvalue weighted by Crippen LogP contribution is -2.43. The van der Waals surface area contributed by atoms with Crippen LogP contribution in [0, 0.1) is 0 Å². The second-order valence-corrected chi connectivity index (χ2v) is 3.48. The highest BCUT2D eigenvalue weighted by atomic mass is 16.7. The maximum Gasteiger partial charge on any atom is 0.302 e. The molecule has 1 saturated heterocycles. The van der Waals surface area contributed by atoms with Crippen LogP contribution in [0.25, 0.3) is 10.4 Å². The van der Waals surface area contributed by atoms with Gasteiger partial charge in [0.2, 0.25) is 0 Å². The van der Waals surface area contributed by atoms with Gasteiger partial charge in [-0.2, -0.15) is 0 Å². The van der Waals surface area contributed by atoms with Gasteiger partial charge in [0.25, 0.3) is 0 Å². The molecule has 1 fully saturated rings. The van der Waals surface area contributed by atoms with Gasteiger partial charge in [-0.15, -0.1) is 0 Å². The Morgan fingerprint density at radius 1 is 1.62 bits per heavy atom. The van der Waals surface area contributed by atoms with E-state index in [1.165, 1.54) is 6.92 Å². The van der Waals surface area contributed by atoms with E-state index in [2.05, 4.69) is 10.0 Å². The molecule has 0 amide bonds. The molecular weight excluding hydrogens is 214 g/mol. The molecule has 1 rings (SSSR count). The largest absolute Gasteiger partial charge is 0.460 e. The Labute approximate surface area is 93.3 Å². The van der Waals surface area contributed by atoms with Crippen LogP contribution >= 0.6 is 0 Å². The van der Waals surface area contributed by atoms with Crippen LogP contribution in [0.2, 0.25) is 0 Å². The molecule has 0 saturated carbocycles.